The number of carbonyl (C=O) groups excluding carboxylic acids is 1. The summed E-state index contributed by atoms with van der Waals surface area (Å²) in [5.41, 5.74) is 0.574. The summed E-state index contributed by atoms with van der Waals surface area (Å²) in [5.74, 6) is 0.339. The fourth-order valence-electron chi connectivity index (χ4n) is 3.58. The second-order valence-corrected chi connectivity index (χ2v) is 8.34. The summed E-state index contributed by atoms with van der Waals surface area (Å²) in [6.45, 7) is 0.750. The van der Waals surface area contributed by atoms with Gasteiger partial charge in [-0.05, 0) is 18.1 Å². The summed E-state index contributed by atoms with van der Waals surface area (Å²) in [5, 5.41) is 8.00. The molecule has 0 fully saturated rings. The van der Waals surface area contributed by atoms with Crippen LogP contribution >= 0.6 is 23.2 Å². The monoisotopic (exact) mass is 489 g/mol. The lowest BCUT2D eigenvalue weighted by Gasteiger charge is -2.11. The molecule has 0 radical (unpaired) electrons. The Hall–Kier alpha value is -3.37. The highest BCUT2D eigenvalue weighted by atomic mass is 35.5. The van der Waals surface area contributed by atoms with Crippen LogP contribution in [-0.2, 0) is 32.0 Å². The van der Waals surface area contributed by atoms with Gasteiger partial charge in [-0.3, -0.25) is 18.7 Å². The Morgan fingerprint density at radius 1 is 1.12 bits per heavy atom. The first-order valence-electron chi connectivity index (χ1n) is 10.1. The molecule has 0 aliphatic heterocycles. The molecule has 0 aliphatic rings. The number of imidazole rings is 1. The van der Waals surface area contributed by atoms with Crippen molar-refractivity contribution in [3.05, 3.63) is 73.2 Å². The van der Waals surface area contributed by atoms with Gasteiger partial charge in [0.15, 0.2) is 11.2 Å². The van der Waals surface area contributed by atoms with Gasteiger partial charge in [0.1, 0.15) is 5.82 Å². The number of benzene rings is 1. The maximum Gasteiger partial charge on any atom is 0.332 e. The molecule has 0 unspecified atom stereocenters. The van der Waals surface area contributed by atoms with Gasteiger partial charge in [0, 0.05) is 33.1 Å². The van der Waals surface area contributed by atoms with Crippen molar-refractivity contribution in [3.8, 4) is 0 Å². The number of halogens is 2. The van der Waals surface area contributed by atoms with E-state index in [2.05, 4.69) is 15.4 Å². The van der Waals surface area contributed by atoms with Gasteiger partial charge >= 0.3 is 5.69 Å². The molecule has 0 aliphatic carbocycles. The van der Waals surface area contributed by atoms with E-state index in [1.165, 1.54) is 17.9 Å². The first kappa shape index (κ1) is 22.8. The first-order chi connectivity index (χ1) is 15.8. The third-order valence-electron chi connectivity index (χ3n) is 5.36. The third kappa shape index (κ3) is 4.44. The molecule has 33 heavy (non-hydrogen) atoms. The summed E-state index contributed by atoms with van der Waals surface area (Å²) < 4.78 is 5.66. The molecule has 1 aromatic carbocycles. The molecule has 3 aromatic heterocycles. The highest BCUT2D eigenvalue weighted by molar-refractivity contribution is 6.42. The van der Waals surface area contributed by atoms with Gasteiger partial charge in [0.05, 0.1) is 29.1 Å². The van der Waals surface area contributed by atoms with Gasteiger partial charge in [-0.25, -0.2) is 14.5 Å². The molecule has 10 nitrogen and oxygen atoms in total. The Balaban J connectivity index is 1.41. The standard InChI is InChI=1S/C21H21Cl2N7O3/c1-27-19-18(20(32)28(2)21(27)33)29(12-24-19)10-4-7-16(31)26-15-8-9-25-30(15)11-13-5-3-6-14(22)17(13)23/h3,5-6,8-9,12H,4,7,10-11H2,1-2H3,(H,26,31). The van der Waals surface area contributed by atoms with Gasteiger partial charge in [-0.1, -0.05) is 35.3 Å². The van der Waals surface area contributed by atoms with Crippen LogP contribution in [-0.4, -0.2) is 34.4 Å². The highest BCUT2D eigenvalue weighted by Gasteiger charge is 2.15. The van der Waals surface area contributed by atoms with Crippen LogP contribution in [0, 0.1) is 0 Å². The van der Waals surface area contributed by atoms with Crippen molar-refractivity contribution in [1.82, 2.24) is 28.5 Å². The Kier molecular flexibility index (Phi) is 6.39. The third-order valence-corrected chi connectivity index (χ3v) is 6.21. The molecule has 172 valence electrons. The fourth-order valence-corrected chi connectivity index (χ4v) is 3.96. The normalized spacial score (nSPS) is 11.3. The van der Waals surface area contributed by atoms with Gasteiger partial charge in [-0.15, -0.1) is 0 Å². The number of amides is 1. The van der Waals surface area contributed by atoms with Crippen molar-refractivity contribution in [3.63, 3.8) is 0 Å². The fraction of sp³-hybridized carbons (Fsp3) is 0.286. The number of carbonyl (C=O) groups is 1. The summed E-state index contributed by atoms with van der Waals surface area (Å²) in [7, 11) is 2.99. The number of hydrogen-bond acceptors (Lipinski definition) is 5. The van der Waals surface area contributed by atoms with Crippen LogP contribution in [0.4, 0.5) is 5.82 Å². The zero-order valence-electron chi connectivity index (χ0n) is 18.0. The van der Waals surface area contributed by atoms with E-state index in [1.54, 1.807) is 40.7 Å². The quantitative estimate of drug-likeness (QED) is 0.428. The molecule has 0 saturated heterocycles. The summed E-state index contributed by atoms with van der Waals surface area (Å²) in [6.07, 6.45) is 3.78. The van der Waals surface area contributed by atoms with Crippen molar-refractivity contribution in [2.75, 3.05) is 5.32 Å². The van der Waals surface area contributed by atoms with E-state index >= 15 is 0 Å². The second kappa shape index (κ2) is 9.24. The number of rotatable bonds is 7. The highest BCUT2D eigenvalue weighted by Crippen LogP contribution is 2.26. The average Bonchev–Trinajstić information content (AvgIpc) is 3.41. The molecular weight excluding hydrogens is 469 g/mol. The minimum absolute atomic E-state index is 0.196. The number of fused-ring (bicyclic) bond motifs is 1. The zero-order valence-corrected chi connectivity index (χ0v) is 19.5. The first-order valence-corrected chi connectivity index (χ1v) is 10.9. The van der Waals surface area contributed by atoms with Crippen molar-refractivity contribution in [2.24, 2.45) is 14.1 Å². The lowest BCUT2D eigenvalue weighted by Crippen LogP contribution is -2.37. The molecule has 0 bridgehead atoms. The van der Waals surface area contributed by atoms with Gasteiger partial charge in [0.25, 0.3) is 5.56 Å². The van der Waals surface area contributed by atoms with Crippen LogP contribution in [0.5, 0.6) is 0 Å². The van der Waals surface area contributed by atoms with E-state index < -0.39 is 11.2 Å². The maximum atomic E-state index is 12.5. The molecule has 0 atom stereocenters. The second-order valence-electron chi connectivity index (χ2n) is 7.55. The van der Waals surface area contributed by atoms with E-state index in [-0.39, 0.29) is 12.3 Å². The molecule has 12 heteroatoms. The lowest BCUT2D eigenvalue weighted by molar-refractivity contribution is -0.116. The topological polar surface area (TPSA) is 109 Å². The number of nitrogens with one attached hydrogen (secondary N) is 1. The zero-order chi connectivity index (χ0) is 23.7. The summed E-state index contributed by atoms with van der Waals surface area (Å²) >= 11 is 12.3. The van der Waals surface area contributed by atoms with Gasteiger partial charge in [-0.2, -0.15) is 5.10 Å². The van der Waals surface area contributed by atoms with E-state index in [1.807, 2.05) is 6.07 Å². The van der Waals surface area contributed by atoms with Crippen molar-refractivity contribution >= 4 is 46.1 Å². The van der Waals surface area contributed by atoms with E-state index in [9.17, 15) is 14.4 Å². The van der Waals surface area contributed by atoms with Crippen molar-refractivity contribution in [2.45, 2.75) is 25.9 Å². The van der Waals surface area contributed by atoms with Crippen LogP contribution in [0.3, 0.4) is 0 Å². The average molecular weight is 490 g/mol. The SMILES string of the molecule is Cn1c(=O)c2c(ncn2CCCC(=O)Nc2ccnn2Cc2cccc(Cl)c2Cl)n(C)c1=O. The van der Waals surface area contributed by atoms with Gasteiger partial charge < -0.3 is 9.88 Å². The summed E-state index contributed by atoms with van der Waals surface area (Å²) in [6, 6.07) is 7.05. The number of nitrogens with zero attached hydrogens (tertiary/aromatic N) is 6. The summed E-state index contributed by atoms with van der Waals surface area (Å²) in [4.78, 5) is 41.3. The molecule has 4 aromatic rings. The smallest absolute Gasteiger partial charge is 0.325 e. The van der Waals surface area contributed by atoms with Crippen LogP contribution in [0.15, 0.2) is 46.4 Å². The van der Waals surface area contributed by atoms with E-state index in [4.69, 9.17) is 23.2 Å². The molecular formula is C21H21Cl2N7O3. The minimum Gasteiger partial charge on any atom is -0.325 e. The molecule has 0 saturated carbocycles. The predicted molar refractivity (Wildman–Crippen MR) is 126 cm³/mol. The lowest BCUT2D eigenvalue weighted by atomic mass is 10.2. The molecule has 1 N–H and O–H groups in total. The molecule has 1 amide bonds. The molecule has 4 rings (SSSR count). The molecule has 3 heterocycles. The van der Waals surface area contributed by atoms with E-state index in [0.29, 0.717) is 46.5 Å². The van der Waals surface area contributed by atoms with Crippen LogP contribution in [0.2, 0.25) is 10.0 Å². The number of hydrogen-bond donors (Lipinski definition) is 1. The number of aryl methyl sites for hydroxylation is 2. The van der Waals surface area contributed by atoms with E-state index in [0.717, 1.165) is 10.1 Å². The van der Waals surface area contributed by atoms with Crippen LogP contribution < -0.4 is 16.6 Å². The van der Waals surface area contributed by atoms with Crippen molar-refractivity contribution < 1.29 is 4.79 Å². The predicted octanol–water partition coefficient (Wildman–Crippen LogP) is 2.40. The van der Waals surface area contributed by atoms with Gasteiger partial charge in [0.2, 0.25) is 5.91 Å². The number of aromatic nitrogens is 6. The minimum atomic E-state index is -0.437. The number of anilines is 1. The Morgan fingerprint density at radius 3 is 2.70 bits per heavy atom. The van der Waals surface area contributed by atoms with Crippen LogP contribution in [0.1, 0.15) is 18.4 Å². The Bertz CT molecular complexity index is 1470. The largest absolute Gasteiger partial charge is 0.332 e. The molecule has 0 spiro atoms. The Labute approximate surface area is 198 Å². The maximum absolute atomic E-state index is 12.5. The van der Waals surface area contributed by atoms with Crippen molar-refractivity contribution in [1.29, 1.82) is 0 Å². The Morgan fingerprint density at radius 2 is 1.91 bits per heavy atom. The van der Waals surface area contributed by atoms with Crippen LogP contribution in [0.25, 0.3) is 11.2 Å².